The van der Waals surface area contributed by atoms with Gasteiger partial charge in [-0.2, -0.15) is 8.75 Å². The molecule has 2 fully saturated rings. The minimum Gasteiger partial charge on any atom is -0.379 e. The van der Waals surface area contributed by atoms with Crippen molar-refractivity contribution in [2.75, 3.05) is 93.4 Å². The molecule has 5 aromatic heterocycles. The predicted octanol–water partition coefficient (Wildman–Crippen LogP) is 8.63. The zero-order valence-corrected chi connectivity index (χ0v) is 45.9. The number of morpholine rings is 1. The number of aromatic nitrogens is 7. The number of anilines is 6. The molecule has 408 valence electrons. The molecule has 4 aromatic carbocycles. The number of ether oxygens (including phenoxy) is 1. The van der Waals surface area contributed by atoms with E-state index in [-0.39, 0.29) is 23.6 Å². The van der Waals surface area contributed by atoms with Crippen molar-refractivity contribution in [2.24, 2.45) is 0 Å². The van der Waals surface area contributed by atoms with Crippen LogP contribution >= 0.6 is 23.1 Å². The van der Waals surface area contributed by atoms with Crippen LogP contribution in [0.2, 0.25) is 0 Å². The van der Waals surface area contributed by atoms with Gasteiger partial charge in [-0.05, 0) is 123 Å². The van der Waals surface area contributed by atoms with E-state index in [2.05, 4.69) is 70.1 Å². The highest BCUT2D eigenvalue weighted by molar-refractivity contribution is 7.11. The molecule has 20 nitrogen and oxygen atoms in total. The zero-order chi connectivity index (χ0) is 55.2. The van der Waals surface area contributed by atoms with Crippen LogP contribution < -0.4 is 26.6 Å². The summed E-state index contributed by atoms with van der Waals surface area (Å²) in [5, 5.41) is 16.3. The van der Waals surface area contributed by atoms with Gasteiger partial charge in [0.1, 0.15) is 21.6 Å². The summed E-state index contributed by atoms with van der Waals surface area (Å²) < 4.78 is 14.1. The first kappa shape index (κ1) is 54.7. The Bertz CT molecular complexity index is 3620. The van der Waals surface area contributed by atoms with E-state index in [9.17, 15) is 19.2 Å². The van der Waals surface area contributed by atoms with E-state index < -0.39 is 0 Å². The summed E-state index contributed by atoms with van der Waals surface area (Å²) in [6, 6.07) is 35.1. The number of rotatable bonds is 17. The van der Waals surface area contributed by atoms with Crippen LogP contribution in [0.25, 0.3) is 22.1 Å². The van der Waals surface area contributed by atoms with E-state index in [4.69, 9.17) is 4.74 Å². The highest BCUT2D eigenvalue weighted by Crippen LogP contribution is 2.31. The zero-order valence-electron chi connectivity index (χ0n) is 44.2. The molecule has 0 saturated carbocycles. The molecule has 2 aliphatic rings. The summed E-state index contributed by atoms with van der Waals surface area (Å²) in [5.74, 6) is 0.193. The van der Waals surface area contributed by atoms with Crippen LogP contribution in [-0.2, 0) is 11.2 Å². The number of carbonyl (C=O) groups is 4. The Morgan fingerprint density at radius 2 is 1.10 bits per heavy atom. The summed E-state index contributed by atoms with van der Waals surface area (Å²) in [5.41, 5.74) is 8.29. The van der Waals surface area contributed by atoms with Crippen LogP contribution in [0.5, 0.6) is 0 Å². The van der Waals surface area contributed by atoms with Crippen LogP contribution in [0, 0.1) is 13.8 Å². The molecule has 0 unspecified atom stereocenters. The van der Waals surface area contributed by atoms with Gasteiger partial charge in [-0.3, -0.25) is 43.9 Å². The maximum atomic E-state index is 13.4. The van der Waals surface area contributed by atoms with Gasteiger partial charge in [0.25, 0.3) is 23.6 Å². The maximum Gasteiger partial charge on any atom is 0.260 e. The molecule has 9 aromatic rings. The average molecular weight is 1110 g/mol. The molecular weight excluding hydrogens is 1050 g/mol. The number of hydrogen-bond donors (Lipinski definition) is 5. The number of pyridine rings is 1. The third-order valence-corrected chi connectivity index (χ3v) is 15.1. The lowest BCUT2D eigenvalue weighted by molar-refractivity contribution is 0.0374. The monoisotopic (exact) mass is 1110 g/mol. The number of piperazine rings is 1. The van der Waals surface area contributed by atoms with Crippen LogP contribution in [0.1, 0.15) is 64.9 Å². The molecule has 80 heavy (non-hydrogen) atoms. The van der Waals surface area contributed by atoms with Crippen LogP contribution in [-0.4, -0.2) is 144 Å². The number of para-hydroxylation sites is 4. The normalized spacial score (nSPS) is 13.8. The fourth-order valence-corrected chi connectivity index (χ4v) is 10.8. The van der Waals surface area contributed by atoms with Gasteiger partial charge < -0.3 is 36.2 Å². The molecule has 22 heteroatoms. The molecule has 0 radical (unpaired) electrons. The summed E-state index contributed by atoms with van der Waals surface area (Å²) in [6.45, 7) is 12.3. The largest absolute Gasteiger partial charge is 0.379 e. The van der Waals surface area contributed by atoms with Crippen LogP contribution in [0.3, 0.4) is 0 Å². The minimum atomic E-state index is -0.324. The molecule has 0 atom stereocenters. The minimum absolute atomic E-state index is 0.0407. The summed E-state index contributed by atoms with van der Waals surface area (Å²) in [6.07, 6.45) is 6.83. The van der Waals surface area contributed by atoms with Crippen molar-refractivity contribution in [1.82, 2.24) is 53.7 Å². The first-order valence-electron chi connectivity index (χ1n) is 26.3. The molecule has 2 saturated heterocycles. The van der Waals surface area contributed by atoms with Gasteiger partial charge in [0, 0.05) is 93.2 Å². The van der Waals surface area contributed by atoms with Crippen molar-refractivity contribution < 1.29 is 23.9 Å². The average Bonchev–Trinajstić information content (AvgIpc) is 4.06. The Labute approximate surface area is 470 Å². The van der Waals surface area contributed by atoms with E-state index in [1.807, 2.05) is 77.8 Å². The molecule has 11 rings (SSSR count). The lowest BCUT2D eigenvalue weighted by atomic mass is 10.1. The lowest BCUT2D eigenvalue weighted by Gasteiger charge is -2.34. The van der Waals surface area contributed by atoms with Gasteiger partial charge in [-0.1, -0.05) is 42.5 Å². The van der Waals surface area contributed by atoms with Gasteiger partial charge in [0.05, 0.1) is 70.2 Å². The maximum absolute atomic E-state index is 13.4. The van der Waals surface area contributed by atoms with Crippen molar-refractivity contribution in [3.63, 3.8) is 0 Å². The standard InChI is InChI=1S/C31H30N8O2S.C27H29N7O3S/c1-21-28(30(42-37-21)36-27-20-33-25-10-2-3-11-26(25)35-27)29(40)34-24-9-6-7-22(19-24)31(41)39-17-15-38(16-18-39)14-12-23-8-4-5-13-32-23;1-18-24(27(38-33-18)32-23-17-29-21-8-2-3-9-22(21)31-23)26(36)30-20-7-4-6-19(16-20)25(35)28-10-5-11-34-12-14-37-15-13-34/h2-11,13,19-20H,12,14-18H2,1H3,(H,34,40)(H,35,36);2-4,6-9,16-17H,5,10-15H2,1H3,(H,28,35)(H,30,36)(H,31,32). The summed E-state index contributed by atoms with van der Waals surface area (Å²) in [7, 11) is 0. The topological polar surface area (TPSA) is 238 Å². The molecule has 2 aliphatic heterocycles. The van der Waals surface area contributed by atoms with E-state index in [1.54, 1.807) is 74.8 Å². The number of benzene rings is 4. The number of nitrogens with one attached hydrogen (secondary N) is 5. The van der Waals surface area contributed by atoms with Crippen molar-refractivity contribution in [1.29, 1.82) is 0 Å². The van der Waals surface area contributed by atoms with E-state index in [0.29, 0.717) is 86.3 Å². The third-order valence-electron chi connectivity index (χ3n) is 13.4. The highest BCUT2D eigenvalue weighted by atomic mass is 32.1. The molecule has 0 spiro atoms. The molecule has 5 N–H and O–H groups in total. The first-order chi connectivity index (χ1) is 39.1. The fourth-order valence-electron chi connectivity index (χ4n) is 9.17. The molecule has 7 heterocycles. The third kappa shape index (κ3) is 14.1. The number of fused-ring (bicyclic) bond motifs is 2. The van der Waals surface area contributed by atoms with Gasteiger partial charge >= 0.3 is 0 Å². The van der Waals surface area contributed by atoms with E-state index in [0.717, 1.165) is 93.1 Å². The molecule has 0 aliphatic carbocycles. The summed E-state index contributed by atoms with van der Waals surface area (Å²) >= 11 is 2.37. The second kappa shape index (κ2) is 26.3. The first-order valence-corrected chi connectivity index (χ1v) is 27.9. The Hall–Kier alpha value is -8.67. The summed E-state index contributed by atoms with van der Waals surface area (Å²) in [4.78, 5) is 81.6. The second-order valence-corrected chi connectivity index (χ2v) is 20.6. The highest BCUT2D eigenvalue weighted by Gasteiger charge is 2.25. The molecule has 0 bridgehead atoms. The van der Waals surface area contributed by atoms with Crippen molar-refractivity contribution >= 4 is 102 Å². The van der Waals surface area contributed by atoms with E-state index >= 15 is 0 Å². The fraction of sp³-hybridized carbons (Fsp3) is 0.259. The van der Waals surface area contributed by atoms with Gasteiger partial charge in [0.15, 0.2) is 0 Å². The SMILES string of the molecule is Cc1nsc(Nc2cnc3ccccc3n2)c1C(=O)Nc1cccc(C(=O)N2CCN(CCc3ccccn3)CC2)c1.Cc1nsc(Nc2cnc3ccccc3n2)c1C(=O)Nc1cccc(C(=O)NCCCN2CCOCC2)c1. The van der Waals surface area contributed by atoms with Crippen LogP contribution in [0.15, 0.2) is 134 Å². The smallest absolute Gasteiger partial charge is 0.260 e. The van der Waals surface area contributed by atoms with Gasteiger partial charge in [0.2, 0.25) is 0 Å². The number of nitrogens with zero attached hydrogens (tertiary/aromatic N) is 10. The van der Waals surface area contributed by atoms with Crippen LogP contribution in [0.4, 0.5) is 33.0 Å². The Kier molecular flexibility index (Phi) is 18.0. The van der Waals surface area contributed by atoms with Crippen molar-refractivity contribution in [2.45, 2.75) is 26.7 Å². The Morgan fingerprint density at radius 1 is 0.562 bits per heavy atom. The van der Waals surface area contributed by atoms with Gasteiger partial charge in [-0.15, -0.1) is 0 Å². The second-order valence-electron chi connectivity index (χ2n) is 19.0. The lowest BCUT2D eigenvalue weighted by Crippen LogP contribution is -2.49. The van der Waals surface area contributed by atoms with Crippen molar-refractivity contribution in [3.05, 3.63) is 173 Å². The number of aryl methyl sites for hydroxylation is 2. The predicted molar refractivity (Wildman–Crippen MR) is 313 cm³/mol. The van der Waals surface area contributed by atoms with Gasteiger partial charge in [-0.25, -0.2) is 9.97 Å². The van der Waals surface area contributed by atoms with E-state index in [1.165, 1.54) is 23.1 Å². The number of hydrogen-bond acceptors (Lipinski definition) is 18. The number of carbonyl (C=O) groups excluding carboxylic acids is 4. The molecule has 4 amide bonds. The molecular formula is C58H59N15O5S2. The Balaban J connectivity index is 0.000000181. The van der Waals surface area contributed by atoms with Crippen molar-refractivity contribution in [3.8, 4) is 0 Å². The quantitative estimate of drug-likeness (QED) is 0.0537. The Morgan fingerprint density at radius 3 is 1.68 bits per heavy atom. The number of amides is 4.